The third-order valence-electron chi connectivity index (χ3n) is 6.37. The van der Waals surface area contributed by atoms with Gasteiger partial charge in [0.25, 0.3) is 0 Å². The molecule has 0 spiro atoms. The maximum absolute atomic E-state index is 6.84. The van der Waals surface area contributed by atoms with Crippen LogP contribution in [-0.2, 0) is 0 Å². The molecule has 3 heterocycles. The van der Waals surface area contributed by atoms with E-state index < -0.39 is 0 Å². The molecular weight excluding hydrogens is 400 g/mol. The second-order valence-corrected chi connectivity index (χ2v) is 9.16. The van der Waals surface area contributed by atoms with E-state index in [1.54, 1.807) is 13.4 Å². The van der Waals surface area contributed by atoms with E-state index in [0.29, 0.717) is 11.9 Å². The summed E-state index contributed by atoms with van der Waals surface area (Å²) in [5.74, 6) is 2.38. The molecule has 2 atom stereocenters. The normalized spacial score (nSPS) is 24.5. The molecule has 0 amide bonds. The molecule has 4 rings (SSSR count). The zero-order valence-electron chi connectivity index (χ0n) is 20.2. The van der Waals surface area contributed by atoms with Crippen molar-refractivity contribution >= 4 is 24.2 Å². The molecule has 0 saturated carbocycles. The maximum atomic E-state index is 6.84. The van der Waals surface area contributed by atoms with E-state index in [9.17, 15) is 0 Å². The van der Waals surface area contributed by atoms with Gasteiger partial charge in [0.15, 0.2) is 5.84 Å². The minimum absolute atomic E-state index is 0.618. The van der Waals surface area contributed by atoms with E-state index in [1.807, 2.05) is 25.8 Å². The molecule has 1 aromatic carbocycles. The Hall–Kier alpha value is -2.67. The summed E-state index contributed by atoms with van der Waals surface area (Å²) in [6, 6.07) is 9.27. The number of methoxy groups -OCH3 is 1. The Morgan fingerprint density at radius 3 is 2.47 bits per heavy atom. The highest BCUT2D eigenvalue weighted by Gasteiger charge is 2.30. The first-order valence-electron chi connectivity index (χ1n) is 11.5. The molecule has 174 valence electrons. The van der Waals surface area contributed by atoms with E-state index in [4.69, 9.17) is 10.1 Å². The van der Waals surface area contributed by atoms with Crippen LogP contribution in [0.15, 0.2) is 45.5 Å². The number of amidine groups is 1. The lowest BCUT2D eigenvalue weighted by Gasteiger charge is -2.35. The van der Waals surface area contributed by atoms with Gasteiger partial charge in [0.1, 0.15) is 12.1 Å². The van der Waals surface area contributed by atoms with Gasteiger partial charge in [-0.3, -0.25) is 5.41 Å². The van der Waals surface area contributed by atoms with Crippen LogP contribution in [-0.4, -0.2) is 75.2 Å². The molecule has 2 fully saturated rings. The molecule has 0 aliphatic carbocycles. The van der Waals surface area contributed by atoms with Crippen LogP contribution in [0.4, 0.5) is 5.69 Å². The van der Waals surface area contributed by atoms with Crippen LogP contribution in [0.1, 0.15) is 39.5 Å². The molecule has 2 saturated heterocycles. The fraction of sp³-hybridized carbons (Fsp3) is 0.560. The number of rotatable bonds is 3. The third kappa shape index (κ3) is 5.97. The average molecular weight is 439 g/mol. The van der Waals surface area contributed by atoms with Crippen molar-refractivity contribution in [3.63, 3.8) is 0 Å². The van der Waals surface area contributed by atoms with E-state index in [2.05, 4.69) is 51.1 Å². The quantitative estimate of drug-likeness (QED) is 0.565. The molecule has 32 heavy (non-hydrogen) atoms. The third-order valence-corrected chi connectivity index (χ3v) is 6.37. The Morgan fingerprint density at radius 2 is 1.81 bits per heavy atom. The Labute approximate surface area is 193 Å². The summed E-state index contributed by atoms with van der Waals surface area (Å²) < 4.78 is 5.28. The topological polar surface area (TPSA) is 67.5 Å². The van der Waals surface area contributed by atoms with Gasteiger partial charge >= 0.3 is 0 Å². The van der Waals surface area contributed by atoms with Gasteiger partial charge in [-0.05, 0) is 69.5 Å². The van der Waals surface area contributed by atoms with Crippen LogP contribution in [0, 0.1) is 11.3 Å². The highest BCUT2D eigenvalue weighted by Crippen LogP contribution is 2.30. The number of hydrogen-bond donors (Lipinski definition) is 1. The second kappa shape index (κ2) is 11.3. The number of ether oxygens (including phenoxy) is 1. The van der Waals surface area contributed by atoms with Crippen molar-refractivity contribution in [1.82, 2.24) is 9.80 Å². The lowest BCUT2D eigenvalue weighted by Crippen LogP contribution is -2.41. The predicted octanol–water partition coefficient (Wildman–Crippen LogP) is 4.27. The number of fused-ring (bicyclic) bond motifs is 3. The number of likely N-dealkylation sites (N-methyl/N-ethyl adjacent to an activating group) is 2. The van der Waals surface area contributed by atoms with Gasteiger partial charge < -0.3 is 19.4 Å². The van der Waals surface area contributed by atoms with Crippen molar-refractivity contribution in [3.05, 3.63) is 35.5 Å². The molecule has 0 radical (unpaired) electrons. The first-order chi connectivity index (χ1) is 15.4. The zero-order chi connectivity index (χ0) is 23.1. The van der Waals surface area contributed by atoms with Crippen molar-refractivity contribution in [2.24, 2.45) is 15.9 Å². The smallest absolute Gasteiger partial charge is 0.178 e. The fourth-order valence-corrected chi connectivity index (χ4v) is 4.94. The SMILES string of the molecule is CC(C)=C1C(=NC=N)N=CN1C.COc1ccc(N2CC3CCCC[C@H]2CN(C)C3)cc1. The Morgan fingerprint density at radius 1 is 1.09 bits per heavy atom. The van der Waals surface area contributed by atoms with Crippen molar-refractivity contribution in [1.29, 1.82) is 5.41 Å². The molecule has 1 N–H and O–H groups in total. The summed E-state index contributed by atoms with van der Waals surface area (Å²) in [4.78, 5) is 15.0. The van der Waals surface area contributed by atoms with Crippen molar-refractivity contribution in [3.8, 4) is 5.75 Å². The van der Waals surface area contributed by atoms with Gasteiger partial charge in [0.2, 0.25) is 0 Å². The Kier molecular flexibility index (Phi) is 8.45. The lowest BCUT2D eigenvalue weighted by molar-refractivity contribution is 0.295. The maximum Gasteiger partial charge on any atom is 0.178 e. The highest BCUT2D eigenvalue weighted by molar-refractivity contribution is 6.10. The van der Waals surface area contributed by atoms with Crippen LogP contribution in [0.25, 0.3) is 0 Å². The van der Waals surface area contributed by atoms with Gasteiger partial charge in [-0.1, -0.05) is 12.8 Å². The summed E-state index contributed by atoms with van der Waals surface area (Å²) in [7, 11) is 5.92. The molecule has 1 aromatic rings. The fourth-order valence-electron chi connectivity index (χ4n) is 4.94. The van der Waals surface area contributed by atoms with Crippen molar-refractivity contribution < 1.29 is 4.74 Å². The number of hydrogen-bond acceptors (Lipinski definition) is 5. The van der Waals surface area contributed by atoms with Gasteiger partial charge in [-0.25, -0.2) is 9.98 Å². The first kappa shape index (κ1) is 24.0. The van der Waals surface area contributed by atoms with E-state index in [-0.39, 0.29) is 0 Å². The molecule has 0 aromatic heterocycles. The predicted molar refractivity (Wildman–Crippen MR) is 134 cm³/mol. The van der Waals surface area contributed by atoms with E-state index >= 15 is 0 Å². The molecular formula is C25H38N6O. The van der Waals surface area contributed by atoms with Gasteiger partial charge in [0.05, 0.1) is 19.1 Å². The summed E-state index contributed by atoms with van der Waals surface area (Å²) in [6.45, 7) is 7.66. The Balaban J connectivity index is 0.000000207. The number of benzene rings is 1. The van der Waals surface area contributed by atoms with Crippen LogP contribution in [0.3, 0.4) is 0 Å². The lowest BCUT2D eigenvalue weighted by atomic mass is 9.96. The molecule has 7 nitrogen and oxygen atoms in total. The summed E-state index contributed by atoms with van der Waals surface area (Å²) in [5, 5.41) is 6.84. The van der Waals surface area contributed by atoms with E-state index in [0.717, 1.165) is 29.3 Å². The Bertz CT molecular complexity index is 856. The van der Waals surface area contributed by atoms with Gasteiger partial charge in [0, 0.05) is 38.4 Å². The summed E-state index contributed by atoms with van der Waals surface area (Å²) >= 11 is 0. The molecule has 3 aliphatic rings. The highest BCUT2D eigenvalue weighted by atomic mass is 16.5. The number of allylic oxidation sites excluding steroid dienone is 1. The largest absolute Gasteiger partial charge is 0.497 e. The monoisotopic (exact) mass is 438 g/mol. The van der Waals surface area contributed by atoms with Gasteiger partial charge in [-0.15, -0.1) is 0 Å². The minimum atomic E-state index is 0.618. The van der Waals surface area contributed by atoms with E-state index in [1.165, 1.54) is 51.0 Å². The standard InChI is InChI=1S/C17H26N2O.C8H12N4/c1-18-11-14-5-3-4-6-16(13-18)19(12-14)15-7-9-17(20-2)10-8-15;1-6(2)7-8(10-4-9)11-5-12(7)3/h7-10,14,16H,3-6,11-13H2,1-2H3;4-5,9H,1-3H3/t14?,16-;/m0./s1. The van der Waals surface area contributed by atoms with Crippen LogP contribution < -0.4 is 9.64 Å². The number of nitrogens with one attached hydrogen (secondary N) is 1. The van der Waals surface area contributed by atoms with Crippen molar-refractivity contribution in [2.45, 2.75) is 45.6 Å². The number of nitrogens with zero attached hydrogens (tertiary/aromatic N) is 5. The number of aliphatic imine (C=N–C) groups is 2. The van der Waals surface area contributed by atoms with Crippen LogP contribution in [0.2, 0.25) is 0 Å². The average Bonchev–Trinajstić information content (AvgIpc) is 3.09. The van der Waals surface area contributed by atoms with Gasteiger partial charge in [-0.2, -0.15) is 0 Å². The molecule has 3 aliphatic heterocycles. The number of anilines is 1. The molecule has 7 heteroatoms. The molecule has 2 bridgehead atoms. The zero-order valence-corrected chi connectivity index (χ0v) is 20.2. The summed E-state index contributed by atoms with van der Waals surface area (Å²) in [6.07, 6.45) is 8.19. The molecule has 1 unspecified atom stereocenters. The first-order valence-corrected chi connectivity index (χ1v) is 11.5. The summed E-state index contributed by atoms with van der Waals surface area (Å²) in [5.41, 5.74) is 3.49. The second-order valence-electron chi connectivity index (χ2n) is 9.16. The van der Waals surface area contributed by atoms with Crippen molar-refractivity contribution in [2.75, 3.05) is 45.7 Å². The van der Waals surface area contributed by atoms with Crippen LogP contribution in [0.5, 0.6) is 5.75 Å². The van der Waals surface area contributed by atoms with Crippen LogP contribution >= 0.6 is 0 Å². The minimum Gasteiger partial charge on any atom is -0.497 e.